The molecule has 0 aromatic carbocycles. The average Bonchev–Trinajstić information content (AvgIpc) is 2.04. The van der Waals surface area contributed by atoms with Crippen LogP contribution in [0.3, 0.4) is 0 Å². The van der Waals surface area contributed by atoms with Crippen LogP contribution in [0.25, 0.3) is 0 Å². The van der Waals surface area contributed by atoms with E-state index in [0.29, 0.717) is 12.5 Å². The van der Waals surface area contributed by atoms with Crippen molar-refractivity contribution in [1.82, 2.24) is 0 Å². The van der Waals surface area contributed by atoms with Crippen molar-refractivity contribution in [1.29, 1.82) is 0 Å². The zero-order chi connectivity index (χ0) is 8.10. The first-order valence-electron chi connectivity index (χ1n) is 4.02. The van der Waals surface area contributed by atoms with Crippen molar-refractivity contribution in [2.45, 2.75) is 26.2 Å². The smallest absolute Gasteiger partial charge is 0.211 e. The van der Waals surface area contributed by atoms with Gasteiger partial charge in [0.25, 0.3) is 0 Å². The largest absolute Gasteiger partial charge is 0.234 e. The predicted octanol–water partition coefficient (Wildman–Crippen LogP) is 2.07. The third-order valence-corrected chi connectivity index (χ3v) is 2.16. The Morgan fingerprint density at radius 2 is 2.64 bits per heavy atom. The van der Waals surface area contributed by atoms with Gasteiger partial charge in [-0.05, 0) is 32.1 Å². The summed E-state index contributed by atoms with van der Waals surface area (Å²) in [5.74, 6) is 0.583. The van der Waals surface area contributed by atoms with Crippen molar-refractivity contribution >= 4 is 6.08 Å². The Labute approximate surface area is 67.0 Å². The van der Waals surface area contributed by atoms with Crippen LogP contribution in [0.2, 0.25) is 0 Å². The lowest BCUT2D eigenvalue weighted by atomic mass is 9.90. The number of hydrogen-bond acceptors (Lipinski definition) is 2. The van der Waals surface area contributed by atoms with Gasteiger partial charge in [0.1, 0.15) is 0 Å². The zero-order valence-electron chi connectivity index (χ0n) is 6.84. The van der Waals surface area contributed by atoms with Crippen LogP contribution < -0.4 is 0 Å². The van der Waals surface area contributed by atoms with Crippen LogP contribution >= 0.6 is 0 Å². The maximum atomic E-state index is 9.80. The minimum atomic E-state index is 0.583. The van der Waals surface area contributed by atoms with Crippen LogP contribution in [-0.4, -0.2) is 12.6 Å². The fourth-order valence-electron chi connectivity index (χ4n) is 1.35. The molecule has 0 radical (unpaired) electrons. The van der Waals surface area contributed by atoms with Crippen LogP contribution in [0.1, 0.15) is 26.2 Å². The van der Waals surface area contributed by atoms with Gasteiger partial charge < -0.3 is 0 Å². The lowest BCUT2D eigenvalue weighted by Gasteiger charge is -2.17. The second kappa shape index (κ2) is 4.09. The van der Waals surface area contributed by atoms with Gasteiger partial charge in [-0.3, -0.25) is 0 Å². The molecule has 0 saturated heterocycles. The quantitative estimate of drug-likeness (QED) is 0.337. The summed E-state index contributed by atoms with van der Waals surface area (Å²) < 4.78 is 0. The highest BCUT2D eigenvalue weighted by Gasteiger charge is 2.10. The molecule has 2 nitrogen and oxygen atoms in total. The molecule has 1 aliphatic carbocycles. The van der Waals surface area contributed by atoms with Crippen LogP contribution in [0, 0.1) is 5.92 Å². The zero-order valence-corrected chi connectivity index (χ0v) is 6.84. The Hall–Kier alpha value is -0.880. The Kier molecular flexibility index (Phi) is 3.06. The predicted molar refractivity (Wildman–Crippen MR) is 44.1 cm³/mol. The highest BCUT2D eigenvalue weighted by Crippen LogP contribution is 2.22. The Morgan fingerprint density at radius 1 is 1.82 bits per heavy atom. The molecule has 11 heavy (non-hydrogen) atoms. The average molecular weight is 151 g/mol. The van der Waals surface area contributed by atoms with Crippen LogP contribution in [-0.2, 0) is 4.79 Å². The Morgan fingerprint density at radius 3 is 3.18 bits per heavy atom. The molecule has 0 amide bonds. The minimum absolute atomic E-state index is 0.583. The maximum Gasteiger partial charge on any atom is 0.234 e. The van der Waals surface area contributed by atoms with Crippen LogP contribution in [0.5, 0.6) is 0 Å². The van der Waals surface area contributed by atoms with E-state index in [0.717, 1.165) is 6.42 Å². The molecule has 0 fully saturated rings. The summed E-state index contributed by atoms with van der Waals surface area (Å²) >= 11 is 0. The number of hydrogen-bond donors (Lipinski definition) is 0. The summed E-state index contributed by atoms with van der Waals surface area (Å²) in [5, 5.41) is 0. The fourth-order valence-corrected chi connectivity index (χ4v) is 1.35. The number of carbonyl (C=O) groups excluding carboxylic acids is 1. The summed E-state index contributed by atoms with van der Waals surface area (Å²) in [6, 6.07) is 0. The molecular formula is C9H13NO. The van der Waals surface area contributed by atoms with Gasteiger partial charge in [-0.15, -0.1) is 0 Å². The van der Waals surface area contributed by atoms with Gasteiger partial charge in [0.2, 0.25) is 6.08 Å². The first-order valence-corrected chi connectivity index (χ1v) is 4.02. The van der Waals surface area contributed by atoms with Gasteiger partial charge in [0.05, 0.1) is 6.54 Å². The Bertz CT molecular complexity index is 202. The number of allylic oxidation sites excluding steroid dienone is 2. The fraction of sp³-hybridized carbons (Fsp3) is 0.667. The highest BCUT2D eigenvalue weighted by atomic mass is 16.1. The maximum absolute atomic E-state index is 9.80. The van der Waals surface area contributed by atoms with Gasteiger partial charge in [0, 0.05) is 0 Å². The van der Waals surface area contributed by atoms with E-state index >= 15 is 0 Å². The Balaban J connectivity index is 2.34. The molecule has 0 spiro atoms. The third-order valence-electron chi connectivity index (χ3n) is 2.16. The molecule has 0 N–H and O–H groups in total. The van der Waals surface area contributed by atoms with Crippen molar-refractivity contribution in [3.05, 3.63) is 11.6 Å². The van der Waals surface area contributed by atoms with E-state index in [4.69, 9.17) is 0 Å². The van der Waals surface area contributed by atoms with E-state index in [-0.39, 0.29) is 0 Å². The third kappa shape index (κ3) is 2.69. The number of nitrogens with zero attached hydrogens (tertiary/aromatic N) is 1. The van der Waals surface area contributed by atoms with Crippen LogP contribution in [0.4, 0.5) is 0 Å². The molecule has 1 atom stereocenters. The molecule has 1 rings (SSSR count). The monoisotopic (exact) mass is 151 g/mol. The normalized spacial score (nSPS) is 23.7. The van der Waals surface area contributed by atoms with E-state index in [1.54, 1.807) is 6.08 Å². The molecule has 0 heterocycles. The minimum Gasteiger partial charge on any atom is -0.211 e. The number of rotatable bonds is 2. The SMILES string of the molecule is CC1=CCC(CN=C=O)CC1. The van der Waals surface area contributed by atoms with E-state index in [2.05, 4.69) is 18.0 Å². The first kappa shape index (κ1) is 8.22. The van der Waals surface area contributed by atoms with E-state index in [9.17, 15) is 4.79 Å². The van der Waals surface area contributed by atoms with Gasteiger partial charge in [0.15, 0.2) is 0 Å². The first-order chi connectivity index (χ1) is 5.33. The lowest BCUT2D eigenvalue weighted by Crippen LogP contribution is -2.07. The van der Waals surface area contributed by atoms with E-state index in [1.165, 1.54) is 18.4 Å². The second-order valence-corrected chi connectivity index (χ2v) is 3.12. The molecule has 0 aliphatic heterocycles. The van der Waals surface area contributed by atoms with Gasteiger partial charge in [-0.25, -0.2) is 9.79 Å². The van der Waals surface area contributed by atoms with Crippen molar-refractivity contribution in [3.8, 4) is 0 Å². The summed E-state index contributed by atoms with van der Waals surface area (Å²) in [4.78, 5) is 13.4. The molecule has 1 unspecified atom stereocenters. The summed E-state index contributed by atoms with van der Waals surface area (Å²) in [5.41, 5.74) is 1.47. The van der Waals surface area contributed by atoms with Crippen LogP contribution in [0.15, 0.2) is 16.6 Å². The molecule has 0 aromatic heterocycles. The van der Waals surface area contributed by atoms with Crippen molar-refractivity contribution in [2.75, 3.05) is 6.54 Å². The summed E-state index contributed by atoms with van der Waals surface area (Å²) in [6.07, 6.45) is 7.25. The highest BCUT2D eigenvalue weighted by molar-refractivity contribution is 5.32. The summed E-state index contributed by atoms with van der Waals surface area (Å²) in [7, 11) is 0. The molecule has 1 aliphatic rings. The van der Waals surface area contributed by atoms with Crippen molar-refractivity contribution in [2.24, 2.45) is 10.9 Å². The standard InChI is InChI=1S/C9H13NO/c1-8-2-4-9(5-3-8)6-10-7-11/h2,9H,3-6H2,1H3. The second-order valence-electron chi connectivity index (χ2n) is 3.12. The molecule has 0 aromatic rings. The molecular weight excluding hydrogens is 138 g/mol. The molecule has 0 bridgehead atoms. The number of aliphatic imine (C=N–C) groups is 1. The van der Waals surface area contributed by atoms with Gasteiger partial charge in [-0.1, -0.05) is 11.6 Å². The van der Waals surface area contributed by atoms with Crippen molar-refractivity contribution < 1.29 is 4.79 Å². The van der Waals surface area contributed by atoms with Gasteiger partial charge >= 0.3 is 0 Å². The summed E-state index contributed by atoms with van der Waals surface area (Å²) in [6.45, 7) is 2.81. The molecule has 0 saturated carbocycles. The molecule has 60 valence electrons. The van der Waals surface area contributed by atoms with Gasteiger partial charge in [-0.2, -0.15) is 0 Å². The van der Waals surface area contributed by atoms with E-state index < -0.39 is 0 Å². The van der Waals surface area contributed by atoms with E-state index in [1.807, 2.05) is 0 Å². The lowest BCUT2D eigenvalue weighted by molar-refractivity contribution is 0.478. The number of isocyanates is 1. The van der Waals surface area contributed by atoms with Crippen molar-refractivity contribution in [3.63, 3.8) is 0 Å². The molecule has 2 heteroatoms. The topological polar surface area (TPSA) is 29.4 Å².